The highest BCUT2D eigenvalue weighted by Crippen LogP contribution is 2.41. The van der Waals surface area contributed by atoms with E-state index < -0.39 is 23.6 Å². The Labute approximate surface area is 253 Å². The second-order valence-electron chi connectivity index (χ2n) is 11.8. The molecule has 0 fully saturated rings. The first-order valence-corrected chi connectivity index (χ1v) is 15.1. The third-order valence-electron chi connectivity index (χ3n) is 8.57. The minimum absolute atomic E-state index is 0.0607. The van der Waals surface area contributed by atoms with Crippen LogP contribution in [0.5, 0.6) is 0 Å². The molecule has 0 heterocycles. The van der Waals surface area contributed by atoms with Crippen molar-refractivity contribution in [2.24, 2.45) is 17.8 Å². The number of hydrogen-bond donors (Lipinski definition) is 0. The number of benzene rings is 4. The highest BCUT2D eigenvalue weighted by molar-refractivity contribution is 6.02. The van der Waals surface area contributed by atoms with Crippen LogP contribution < -0.4 is 4.90 Å². The standard InChI is InChI=1S/C38H38FNO3/c1-26(2)37(42)35(25-41)36(29-16-18-31(39)19-17-29)34-15-9-14-30-22-32(20-21-33(30)38(34)43)40(23-27-10-5-3-6-11-27)24-28-12-7-4-8-13-28/h3-8,10-13,16-22,25-26,34-36H,9,14-15,23-24H2,1-2H3. The summed E-state index contributed by atoms with van der Waals surface area (Å²) in [6, 6.07) is 32.6. The van der Waals surface area contributed by atoms with Crippen LogP contribution in [-0.2, 0) is 29.1 Å². The van der Waals surface area contributed by atoms with Gasteiger partial charge in [-0.1, -0.05) is 86.6 Å². The van der Waals surface area contributed by atoms with Gasteiger partial charge in [0.25, 0.3) is 0 Å². The van der Waals surface area contributed by atoms with Crippen LogP contribution in [0.25, 0.3) is 0 Å². The smallest absolute Gasteiger partial charge is 0.166 e. The molecule has 0 saturated heterocycles. The molecule has 220 valence electrons. The van der Waals surface area contributed by atoms with Gasteiger partial charge in [-0.05, 0) is 71.8 Å². The zero-order valence-electron chi connectivity index (χ0n) is 24.8. The van der Waals surface area contributed by atoms with E-state index in [4.69, 9.17) is 0 Å². The van der Waals surface area contributed by atoms with Crippen LogP contribution in [0.3, 0.4) is 0 Å². The molecule has 5 rings (SSSR count). The van der Waals surface area contributed by atoms with Crippen LogP contribution in [0, 0.1) is 23.6 Å². The van der Waals surface area contributed by atoms with E-state index in [1.54, 1.807) is 26.0 Å². The quantitative estimate of drug-likeness (QED) is 0.103. The first-order chi connectivity index (χ1) is 20.9. The van der Waals surface area contributed by atoms with Gasteiger partial charge in [-0.25, -0.2) is 4.39 Å². The first-order valence-electron chi connectivity index (χ1n) is 15.1. The maximum absolute atomic E-state index is 14.3. The number of halogens is 1. The van der Waals surface area contributed by atoms with E-state index in [0.717, 1.165) is 37.2 Å². The van der Waals surface area contributed by atoms with Crippen molar-refractivity contribution in [2.45, 2.75) is 52.1 Å². The number of aldehydes is 1. The number of aryl methyl sites for hydroxylation is 1. The van der Waals surface area contributed by atoms with Crippen LogP contribution in [0.2, 0.25) is 0 Å². The summed E-state index contributed by atoms with van der Waals surface area (Å²) in [6.07, 6.45) is 2.68. The van der Waals surface area contributed by atoms with Crippen molar-refractivity contribution in [3.8, 4) is 0 Å². The largest absolute Gasteiger partial charge is 0.363 e. The molecule has 0 aromatic heterocycles. The Bertz CT molecular complexity index is 1510. The monoisotopic (exact) mass is 575 g/mol. The molecule has 4 aromatic rings. The average Bonchev–Trinajstić information content (AvgIpc) is 3.18. The minimum Gasteiger partial charge on any atom is -0.363 e. The second-order valence-corrected chi connectivity index (χ2v) is 11.8. The second kappa shape index (κ2) is 13.7. The van der Waals surface area contributed by atoms with Crippen LogP contribution in [-0.4, -0.2) is 17.9 Å². The summed E-state index contributed by atoms with van der Waals surface area (Å²) in [5.41, 5.74) is 5.69. The Kier molecular flexibility index (Phi) is 9.61. The van der Waals surface area contributed by atoms with Crippen molar-refractivity contribution < 1.29 is 18.8 Å². The molecule has 0 aliphatic heterocycles. The Morgan fingerprint density at radius 1 is 0.884 bits per heavy atom. The lowest BCUT2D eigenvalue weighted by molar-refractivity contribution is -0.131. The number of carbonyl (C=O) groups excluding carboxylic acids is 3. The summed E-state index contributed by atoms with van der Waals surface area (Å²) in [4.78, 5) is 42.3. The Morgan fingerprint density at radius 2 is 1.49 bits per heavy atom. The summed E-state index contributed by atoms with van der Waals surface area (Å²) in [5, 5.41) is 0. The van der Waals surface area contributed by atoms with Crippen molar-refractivity contribution in [1.82, 2.24) is 0 Å². The minimum atomic E-state index is -0.979. The van der Waals surface area contributed by atoms with Crippen molar-refractivity contribution in [3.05, 3.63) is 137 Å². The van der Waals surface area contributed by atoms with Crippen LogP contribution in [0.1, 0.15) is 65.2 Å². The van der Waals surface area contributed by atoms with Gasteiger partial charge in [-0.3, -0.25) is 9.59 Å². The van der Waals surface area contributed by atoms with Gasteiger partial charge in [0.1, 0.15) is 17.9 Å². The average molecular weight is 576 g/mol. The van der Waals surface area contributed by atoms with Gasteiger partial charge in [0.2, 0.25) is 0 Å². The summed E-state index contributed by atoms with van der Waals surface area (Å²) < 4.78 is 13.9. The number of carbonyl (C=O) groups is 3. The Hall–Kier alpha value is -4.38. The fourth-order valence-corrected chi connectivity index (χ4v) is 6.34. The molecular formula is C38H38FNO3. The normalized spacial score (nSPS) is 16.2. The lowest BCUT2D eigenvalue weighted by Crippen LogP contribution is -2.35. The van der Waals surface area contributed by atoms with Gasteiger partial charge in [0, 0.05) is 42.1 Å². The Balaban J connectivity index is 1.51. The fraction of sp³-hybridized carbons (Fsp3) is 0.289. The van der Waals surface area contributed by atoms with Gasteiger partial charge >= 0.3 is 0 Å². The lowest BCUT2D eigenvalue weighted by atomic mass is 9.70. The van der Waals surface area contributed by atoms with Crippen molar-refractivity contribution in [2.75, 3.05) is 4.90 Å². The molecule has 1 aliphatic carbocycles. The zero-order chi connectivity index (χ0) is 30.3. The number of rotatable bonds is 11. The number of ketones is 2. The van der Waals surface area contributed by atoms with Crippen LogP contribution in [0.4, 0.5) is 10.1 Å². The highest BCUT2D eigenvalue weighted by atomic mass is 19.1. The lowest BCUT2D eigenvalue weighted by Gasteiger charge is -2.30. The van der Waals surface area contributed by atoms with Gasteiger partial charge in [-0.15, -0.1) is 0 Å². The molecule has 3 atom stereocenters. The van der Waals surface area contributed by atoms with E-state index >= 15 is 0 Å². The van der Waals surface area contributed by atoms with E-state index in [1.165, 1.54) is 23.3 Å². The van der Waals surface area contributed by atoms with E-state index in [9.17, 15) is 18.8 Å². The molecule has 4 nitrogen and oxygen atoms in total. The first kappa shape index (κ1) is 30.1. The van der Waals surface area contributed by atoms with E-state index in [2.05, 4.69) is 35.2 Å². The van der Waals surface area contributed by atoms with Gasteiger partial charge in [0.15, 0.2) is 5.78 Å². The molecule has 0 amide bonds. The van der Waals surface area contributed by atoms with Crippen LogP contribution in [0.15, 0.2) is 103 Å². The highest BCUT2D eigenvalue weighted by Gasteiger charge is 2.41. The molecule has 5 heteroatoms. The molecule has 0 radical (unpaired) electrons. The maximum atomic E-state index is 14.3. The van der Waals surface area contributed by atoms with Gasteiger partial charge < -0.3 is 9.69 Å². The van der Waals surface area contributed by atoms with Crippen molar-refractivity contribution in [1.29, 1.82) is 0 Å². The van der Waals surface area contributed by atoms with Gasteiger partial charge in [-0.2, -0.15) is 0 Å². The molecule has 4 aromatic carbocycles. The van der Waals surface area contributed by atoms with E-state index in [0.29, 0.717) is 23.8 Å². The molecule has 0 spiro atoms. The number of anilines is 1. The number of Topliss-reactive ketones (excluding diaryl/α,β-unsaturated/α-hetero) is 2. The third-order valence-corrected chi connectivity index (χ3v) is 8.57. The van der Waals surface area contributed by atoms with Crippen molar-refractivity contribution in [3.63, 3.8) is 0 Å². The summed E-state index contributed by atoms with van der Waals surface area (Å²) in [7, 11) is 0. The Morgan fingerprint density at radius 3 is 2.05 bits per heavy atom. The van der Waals surface area contributed by atoms with Gasteiger partial charge in [0.05, 0.1) is 5.92 Å². The third kappa shape index (κ3) is 6.99. The summed E-state index contributed by atoms with van der Waals surface area (Å²) in [6.45, 7) is 4.97. The predicted octanol–water partition coefficient (Wildman–Crippen LogP) is 7.99. The topological polar surface area (TPSA) is 54.5 Å². The number of hydrogen-bond acceptors (Lipinski definition) is 4. The van der Waals surface area contributed by atoms with E-state index in [1.807, 2.05) is 48.5 Å². The number of fused-ring (bicyclic) bond motifs is 1. The fourth-order valence-electron chi connectivity index (χ4n) is 6.34. The van der Waals surface area contributed by atoms with Crippen LogP contribution >= 0.6 is 0 Å². The predicted molar refractivity (Wildman–Crippen MR) is 169 cm³/mol. The SMILES string of the molecule is CC(C)C(=O)C(C=O)C(c1ccc(F)cc1)C1CCCc2cc(N(Cc3ccccc3)Cc3ccccc3)ccc2C1=O. The molecule has 1 aliphatic rings. The van der Waals surface area contributed by atoms with E-state index in [-0.39, 0.29) is 17.5 Å². The molecule has 3 unspecified atom stereocenters. The summed E-state index contributed by atoms with van der Waals surface area (Å²) in [5.74, 6) is -3.23. The maximum Gasteiger partial charge on any atom is 0.166 e. The molecule has 0 saturated carbocycles. The molecule has 0 bridgehead atoms. The molecular weight excluding hydrogens is 537 g/mol. The van der Waals surface area contributed by atoms with Crippen molar-refractivity contribution >= 4 is 23.5 Å². The molecule has 0 N–H and O–H groups in total. The zero-order valence-corrected chi connectivity index (χ0v) is 24.8. The number of nitrogens with zero attached hydrogens (tertiary/aromatic N) is 1. The molecule has 43 heavy (non-hydrogen) atoms. The summed E-state index contributed by atoms with van der Waals surface area (Å²) >= 11 is 0.